The summed E-state index contributed by atoms with van der Waals surface area (Å²) in [5, 5.41) is 7.34. The van der Waals surface area contributed by atoms with Crippen molar-refractivity contribution in [2.45, 2.75) is 0 Å². The molecule has 0 aliphatic carbocycles. The van der Waals surface area contributed by atoms with Gasteiger partial charge in [0.1, 0.15) is 5.52 Å². The fourth-order valence-electron chi connectivity index (χ4n) is 0.796. The van der Waals surface area contributed by atoms with E-state index in [4.69, 9.17) is 0 Å². The molecule has 1 heterocycles. The summed E-state index contributed by atoms with van der Waals surface area (Å²) in [5.74, 6) is 0. The Morgan fingerprint density at radius 3 is 2.70 bits per heavy atom. The highest BCUT2D eigenvalue weighted by Crippen LogP contribution is 2.03. The predicted molar refractivity (Wildman–Crippen MR) is 36.2 cm³/mol. The Bertz CT molecular complexity index is 280. The quantitative estimate of drug-likeness (QED) is 0.530. The first-order valence-corrected chi connectivity index (χ1v) is 2.92. The van der Waals surface area contributed by atoms with Gasteiger partial charge >= 0.3 is 0 Å². The van der Waals surface area contributed by atoms with Crippen LogP contribution in [0.5, 0.6) is 0 Å². The average molecular weight is 130 g/mol. The van der Waals surface area contributed by atoms with Crippen LogP contribution in [-0.2, 0) is 0 Å². The molecule has 47 valence electrons. The molecule has 2 rings (SSSR count). The number of hydrogen-bond acceptors (Lipinski definition) is 3. The summed E-state index contributed by atoms with van der Waals surface area (Å²) >= 11 is 0. The van der Waals surface area contributed by atoms with Gasteiger partial charge in [-0.3, -0.25) is 0 Å². The van der Waals surface area contributed by atoms with Crippen LogP contribution < -0.4 is 0 Å². The standard InChI is InChI=1S/C7H4N3/c1-2-4-7-6(3-1)8-5-9-10-7/h1-4H. The number of rotatable bonds is 0. The maximum absolute atomic E-state index is 3.88. The molecule has 0 N–H and O–H groups in total. The van der Waals surface area contributed by atoms with Crippen LogP contribution in [0.3, 0.4) is 0 Å². The van der Waals surface area contributed by atoms with Crippen LogP contribution in [0.2, 0.25) is 0 Å². The zero-order valence-corrected chi connectivity index (χ0v) is 5.15. The molecule has 0 fully saturated rings. The van der Waals surface area contributed by atoms with E-state index in [-0.39, 0.29) is 0 Å². The van der Waals surface area contributed by atoms with Gasteiger partial charge in [-0.15, -0.1) is 10.2 Å². The zero-order chi connectivity index (χ0) is 6.81. The topological polar surface area (TPSA) is 38.7 Å². The van der Waals surface area contributed by atoms with Gasteiger partial charge in [-0.05, 0) is 12.1 Å². The molecule has 3 nitrogen and oxygen atoms in total. The van der Waals surface area contributed by atoms with E-state index in [2.05, 4.69) is 21.5 Å². The Kier molecular flexibility index (Phi) is 1.07. The fraction of sp³-hybridized carbons (Fsp3) is 0. The van der Waals surface area contributed by atoms with Crippen molar-refractivity contribution in [3.63, 3.8) is 0 Å². The van der Waals surface area contributed by atoms with Crippen molar-refractivity contribution < 1.29 is 0 Å². The van der Waals surface area contributed by atoms with Crippen LogP contribution in [0, 0.1) is 6.33 Å². The van der Waals surface area contributed by atoms with E-state index in [9.17, 15) is 0 Å². The zero-order valence-electron chi connectivity index (χ0n) is 5.15. The van der Waals surface area contributed by atoms with Gasteiger partial charge in [-0.2, -0.15) is 0 Å². The van der Waals surface area contributed by atoms with Crippen LogP contribution >= 0.6 is 0 Å². The lowest BCUT2D eigenvalue weighted by molar-refractivity contribution is 1.01. The molecule has 1 aromatic carbocycles. The molecular weight excluding hydrogens is 126 g/mol. The third-order valence-corrected chi connectivity index (χ3v) is 1.25. The second-order valence-electron chi connectivity index (χ2n) is 1.90. The van der Waals surface area contributed by atoms with Crippen molar-refractivity contribution in [1.82, 2.24) is 15.2 Å². The molecule has 0 saturated heterocycles. The fourth-order valence-corrected chi connectivity index (χ4v) is 0.796. The Balaban J connectivity index is 2.89. The highest BCUT2D eigenvalue weighted by molar-refractivity contribution is 5.72. The molecule has 0 bridgehead atoms. The molecule has 0 spiro atoms. The Morgan fingerprint density at radius 2 is 1.90 bits per heavy atom. The van der Waals surface area contributed by atoms with Crippen molar-refractivity contribution in [3.05, 3.63) is 30.6 Å². The van der Waals surface area contributed by atoms with E-state index in [0.29, 0.717) is 0 Å². The molecule has 0 amide bonds. The molecule has 0 aliphatic heterocycles. The maximum atomic E-state index is 3.88. The normalized spacial score (nSPS) is 10.0. The van der Waals surface area contributed by atoms with E-state index in [1.54, 1.807) is 0 Å². The largest absolute Gasteiger partial charge is 0.222 e. The summed E-state index contributed by atoms with van der Waals surface area (Å²) in [4.78, 5) is 3.88. The molecule has 3 heteroatoms. The average Bonchev–Trinajstić information content (AvgIpc) is 2.05. The number of para-hydroxylation sites is 1. The smallest absolute Gasteiger partial charge is 0.222 e. The third kappa shape index (κ3) is 0.719. The molecule has 0 saturated carbocycles. The van der Waals surface area contributed by atoms with E-state index in [0.717, 1.165) is 11.0 Å². The summed E-state index contributed by atoms with van der Waals surface area (Å²) in [6, 6.07) is 7.55. The molecule has 0 aliphatic rings. The molecule has 0 atom stereocenters. The number of benzene rings is 1. The second kappa shape index (κ2) is 2.02. The lowest BCUT2D eigenvalue weighted by atomic mass is 10.3. The molecular formula is C7H4N3. The summed E-state index contributed by atoms with van der Waals surface area (Å²) in [6.45, 7) is 0. The number of nitrogens with zero attached hydrogens (tertiary/aromatic N) is 3. The molecule has 10 heavy (non-hydrogen) atoms. The highest BCUT2D eigenvalue weighted by Gasteiger charge is 1.90. The molecule has 1 radical (unpaired) electrons. The van der Waals surface area contributed by atoms with Crippen molar-refractivity contribution in [2.24, 2.45) is 0 Å². The summed E-state index contributed by atoms with van der Waals surface area (Å²) in [6.07, 6.45) is 2.42. The Hall–Kier alpha value is -1.51. The van der Waals surface area contributed by atoms with Crippen molar-refractivity contribution >= 4 is 11.0 Å². The van der Waals surface area contributed by atoms with E-state index in [1.165, 1.54) is 0 Å². The van der Waals surface area contributed by atoms with Crippen molar-refractivity contribution in [2.75, 3.05) is 0 Å². The molecule has 0 unspecified atom stereocenters. The molecule has 2 aromatic rings. The third-order valence-electron chi connectivity index (χ3n) is 1.25. The van der Waals surface area contributed by atoms with E-state index < -0.39 is 0 Å². The monoisotopic (exact) mass is 130 g/mol. The SMILES string of the molecule is [c]1nnc2ccccc2n1. The molecule has 1 aromatic heterocycles. The van der Waals surface area contributed by atoms with Gasteiger partial charge in [-0.1, -0.05) is 12.1 Å². The highest BCUT2D eigenvalue weighted by atomic mass is 15.1. The minimum absolute atomic E-state index is 0.807. The van der Waals surface area contributed by atoms with Crippen LogP contribution in [0.4, 0.5) is 0 Å². The first-order valence-electron chi connectivity index (χ1n) is 2.92. The van der Waals surface area contributed by atoms with Gasteiger partial charge in [0.05, 0.1) is 5.52 Å². The predicted octanol–water partition coefficient (Wildman–Crippen LogP) is 0.825. The first-order chi connectivity index (χ1) is 4.97. The van der Waals surface area contributed by atoms with Crippen LogP contribution in [0.1, 0.15) is 0 Å². The lowest BCUT2D eigenvalue weighted by Gasteiger charge is -1.88. The van der Waals surface area contributed by atoms with Gasteiger partial charge in [0, 0.05) is 0 Å². The van der Waals surface area contributed by atoms with Gasteiger partial charge in [0.25, 0.3) is 0 Å². The van der Waals surface area contributed by atoms with Gasteiger partial charge < -0.3 is 0 Å². The number of hydrogen-bond donors (Lipinski definition) is 0. The lowest BCUT2D eigenvalue weighted by Crippen LogP contribution is -1.85. The summed E-state index contributed by atoms with van der Waals surface area (Å²) in [5.41, 5.74) is 1.64. The Labute approximate surface area is 57.7 Å². The van der Waals surface area contributed by atoms with E-state index in [1.807, 2.05) is 24.3 Å². The van der Waals surface area contributed by atoms with Crippen LogP contribution in [-0.4, -0.2) is 15.2 Å². The summed E-state index contributed by atoms with van der Waals surface area (Å²) in [7, 11) is 0. The van der Waals surface area contributed by atoms with E-state index >= 15 is 0 Å². The second-order valence-corrected chi connectivity index (χ2v) is 1.90. The van der Waals surface area contributed by atoms with Crippen molar-refractivity contribution in [1.29, 1.82) is 0 Å². The van der Waals surface area contributed by atoms with Gasteiger partial charge in [0.2, 0.25) is 6.33 Å². The van der Waals surface area contributed by atoms with Gasteiger partial charge in [-0.25, -0.2) is 4.98 Å². The number of aromatic nitrogens is 3. The number of fused-ring (bicyclic) bond motifs is 1. The Morgan fingerprint density at radius 1 is 1.10 bits per heavy atom. The maximum Gasteiger partial charge on any atom is 0.222 e. The van der Waals surface area contributed by atoms with Crippen LogP contribution in [0.25, 0.3) is 11.0 Å². The minimum Gasteiger partial charge on any atom is -0.222 e. The van der Waals surface area contributed by atoms with Crippen LogP contribution in [0.15, 0.2) is 24.3 Å². The minimum atomic E-state index is 0.807. The first kappa shape index (κ1) is 5.29. The summed E-state index contributed by atoms with van der Waals surface area (Å²) < 4.78 is 0. The van der Waals surface area contributed by atoms with Gasteiger partial charge in [0.15, 0.2) is 0 Å². The van der Waals surface area contributed by atoms with Crippen molar-refractivity contribution in [3.8, 4) is 0 Å².